The molecule has 122 valence electrons. The van der Waals surface area contributed by atoms with Crippen LogP contribution < -0.4 is 10.2 Å². The highest BCUT2D eigenvalue weighted by molar-refractivity contribution is 5.89. The van der Waals surface area contributed by atoms with Crippen LogP contribution in [0.3, 0.4) is 0 Å². The fraction of sp³-hybridized carbons (Fsp3) is 0.412. The number of nitrogens with zero attached hydrogens (tertiary/aromatic N) is 2. The molecule has 1 aliphatic rings. The molecule has 0 radical (unpaired) electrons. The largest absolute Gasteiger partial charge is 0.447 e. The van der Waals surface area contributed by atoms with E-state index in [0.717, 1.165) is 23.4 Å². The van der Waals surface area contributed by atoms with Crippen LogP contribution in [-0.2, 0) is 17.7 Å². The molecule has 0 saturated carbocycles. The third kappa shape index (κ3) is 3.53. The summed E-state index contributed by atoms with van der Waals surface area (Å²) in [4.78, 5) is 17.6. The highest BCUT2D eigenvalue weighted by Gasteiger charge is 2.23. The summed E-state index contributed by atoms with van der Waals surface area (Å²) in [6.07, 6.45) is 2.33. The SMILES string of the molecule is CCc1cnc(CNC(C)c2cccc(N3CCOC3=O)c2)o1. The predicted molar refractivity (Wildman–Crippen MR) is 86.3 cm³/mol. The Morgan fingerprint density at radius 2 is 2.30 bits per heavy atom. The standard InChI is InChI=1S/C17H21N3O3/c1-3-15-10-19-16(23-15)11-18-12(2)13-5-4-6-14(9-13)20-7-8-22-17(20)21/h4-6,9-10,12,18H,3,7-8,11H2,1-2H3. The molecule has 0 aliphatic carbocycles. The van der Waals surface area contributed by atoms with Crippen LogP contribution in [0.2, 0.25) is 0 Å². The predicted octanol–water partition coefficient (Wildman–Crippen LogP) is 3.04. The minimum Gasteiger partial charge on any atom is -0.447 e. The fourth-order valence-corrected chi connectivity index (χ4v) is 2.54. The molecular formula is C17H21N3O3. The van der Waals surface area contributed by atoms with Crippen molar-refractivity contribution in [2.75, 3.05) is 18.1 Å². The van der Waals surface area contributed by atoms with Crippen molar-refractivity contribution in [3.63, 3.8) is 0 Å². The number of carbonyl (C=O) groups is 1. The lowest BCUT2D eigenvalue weighted by atomic mass is 10.1. The topological polar surface area (TPSA) is 67.6 Å². The Bertz CT molecular complexity index is 683. The number of hydrogen-bond acceptors (Lipinski definition) is 5. The van der Waals surface area contributed by atoms with Gasteiger partial charge in [0.05, 0.1) is 19.3 Å². The summed E-state index contributed by atoms with van der Waals surface area (Å²) >= 11 is 0. The summed E-state index contributed by atoms with van der Waals surface area (Å²) in [7, 11) is 0. The van der Waals surface area contributed by atoms with Gasteiger partial charge in [0.2, 0.25) is 5.89 Å². The molecule has 1 unspecified atom stereocenters. The average Bonchev–Trinajstić information content (AvgIpc) is 3.21. The Labute approximate surface area is 135 Å². The summed E-state index contributed by atoms with van der Waals surface area (Å²) in [6.45, 7) is 5.72. The second-order valence-corrected chi connectivity index (χ2v) is 5.54. The number of nitrogens with one attached hydrogen (secondary N) is 1. The van der Waals surface area contributed by atoms with Crippen LogP contribution in [0.25, 0.3) is 0 Å². The first-order valence-electron chi connectivity index (χ1n) is 7.88. The van der Waals surface area contributed by atoms with Crippen molar-refractivity contribution in [2.45, 2.75) is 32.9 Å². The molecular weight excluding hydrogens is 294 g/mol. The number of carbonyl (C=O) groups excluding carboxylic acids is 1. The molecule has 2 heterocycles. The molecule has 3 rings (SSSR count). The van der Waals surface area contributed by atoms with E-state index in [9.17, 15) is 4.79 Å². The Morgan fingerprint density at radius 1 is 1.43 bits per heavy atom. The molecule has 23 heavy (non-hydrogen) atoms. The van der Waals surface area contributed by atoms with Gasteiger partial charge in [0.15, 0.2) is 0 Å². The van der Waals surface area contributed by atoms with Gasteiger partial charge < -0.3 is 14.5 Å². The maximum atomic E-state index is 11.7. The second kappa shape index (κ2) is 6.83. The zero-order chi connectivity index (χ0) is 16.2. The van der Waals surface area contributed by atoms with Crippen LogP contribution in [0.5, 0.6) is 0 Å². The summed E-state index contributed by atoms with van der Waals surface area (Å²) in [5.74, 6) is 1.58. The summed E-state index contributed by atoms with van der Waals surface area (Å²) < 4.78 is 10.6. The molecule has 1 N–H and O–H groups in total. The van der Waals surface area contributed by atoms with Crippen LogP contribution in [0, 0.1) is 0 Å². The molecule has 6 heteroatoms. The van der Waals surface area contributed by atoms with Crippen molar-refractivity contribution in [1.82, 2.24) is 10.3 Å². The highest BCUT2D eigenvalue weighted by atomic mass is 16.6. The molecule has 1 aliphatic heterocycles. The number of benzene rings is 1. The van der Waals surface area contributed by atoms with Gasteiger partial charge in [-0.05, 0) is 24.6 Å². The normalized spacial score (nSPS) is 15.7. The number of ether oxygens (including phenoxy) is 1. The van der Waals surface area contributed by atoms with Crippen LogP contribution in [0.4, 0.5) is 10.5 Å². The van der Waals surface area contributed by atoms with E-state index in [1.165, 1.54) is 0 Å². The van der Waals surface area contributed by atoms with Crippen molar-refractivity contribution in [1.29, 1.82) is 0 Å². The van der Waals surface area contributed by atoms with Crippen LogP contribution in [0.1, 0.15) is 37.1 Å². The number of hydrogen-bond donors (Lipinski definition) is 1. The van der Waals surface area contributed by atoms with Gasteiger partial charge in [-0.15, -0.1) is 0 Å². The second-order valence-electron chi connectivity index (χ2n) is 5.54. The maximum absolute atomic E-state index is 11.7. The molecule has 1 saturated heterocycles. The third-order valence-corrected chi connectivity index (χ3v) is 3.95. The number of anilines is 1. The van der Waals surface area contributed by atoms with Crippen molar-refractivity contribution in [2.24, 2.45) is 0 Å². The van der Waals surface area contributed by atoms with Gasteiger partial charge in [-0.3, -0.25) is 4.90 Å². The number of amides is 1. The zero-order valence-corrected chi connectivity index (χ0v) is 13.4. The van der Waals surface area contributed by atoms with Crippen molar-refractivity contribution in [3.8, 4) is 0 Å². The molecule has 1 aromatic carbocycles. The summed E-state index contributed by atoms with van der Waals surface area (Å²) in [6, 6.07) is 8.04. The minimum absolute atomic E-state index is 0.116. The van der Waals surface area contributed by atoms with E-state index >= 15 is 0 Å². The molecule has 1 aromatic heterocycles. The van der Waals surface area contributed by atoms with Crippen LogP contribution in [-0.4, -0.2) is 24.2 Å². The van der Waals surface area contributed by atoms with Crippen LogP contribution in [0.15, 0.2) is 34.9 Å². The number of aryl methyl sites for hydroxylation is 1. The van der Waals surface area contributed by atoms with Crippen molar-refractivity contribution >= 4 is 11.8 Å². The Morgan fingerprint density at radius 3 is 3.00 bits per heavy atom. The number of rotatable bonds is 6. The monoisotopic (exact) mass is 315 g/mol. The molecule has 0 bridgehead atoms. The lowest BCUT2D eigenvalue weighted by molar-refractivity contribution is 0.181. The number of cyclic esters (lactones) is 1. The van der Waals surface area contributed by atoms with Gasteiger partial charge in [0, 0.05) is 18.2 Å². The smallest absolute Gasteiger partial charge is 0.414 e. The quantitative estimate of drug-likeness (QED) is 0.887. The first-order valence-corrected chi connectivity index (χ1v) is 7.88. The van der Waals surface area contributed by atoms with Gasteiger partial charge in [0.25, 0.3) is 0 Å². The van der Waals surface area contributed by atoms with Crippen molar-refractivity contribution in [3.05, 3.63) is 47.7 Å². The van der Waals surface area contributed by atoms with E-state index < -0.39 is 0 Å². The van der Waals surface area contributed by atoms with E-state index in [1.54, 1.807) is 11.1 Å². The van der Waals surface area contributed by atoms with Crippen LogP contribution >= 0.6 is 0 Å². The molecule has 2 aromatic rings. The number of oxazole rings is 1. The average molecular weight is 315 g/mol. The molecule has 0 spiro atoms. The van der Waals surface area contributed by atoms with Crippen molar-refractivity contribution < 1.29 is 13.9 Å². The first kappa shape index (κ1) is 15.6. The fourth-order valence-electron chi connectivity index (χ4n) is 2.54. The number of aromatic nitrogens is 1. The van der Waals surface area contributed by atoms with Gasteiger partial charge >= 0.3 is 6.09 Å². The Kier molecular flexibility index (Phi) is 4.62. The zero-order valence-electron chi connectivity index (χ0n) is 13.4. The van der Waals surface area contributed by atoms with E-state index in [0.29, 0.717) is 25.6 Å². The van der Waals surface area contributed by atoms with Gasteiger partial charge in [-0.2, -0.15) is 0 Å². The molecule has 6 nitrogen and oxygen atoms in total. The van der Waals surface area contributed by atoms with Gasteiger partial charge in [-0.25, -0.2) is 9.78 Å². The maximum Gasteiger partial charge on any atom is 0.414 e. The van der Waals surface area contributed by atoms with Gasteiger partial charge in [0.1, 0.15) is 12.4 Å². The minimum atomic E-state index is -0.283. The Balaban J connectivity index is 1.65. The molecule has 1 amide bonds. The summed E-state index contributed by atoms with van der Waals surface area (Å²) in [5, 5.41) is 3.39. The lowest BCUT2D eigenvalue weighted by Crippen LogP contribution is -2.24. The van der Waals surface area contributed by atoms with E-state index in [-0.39, 0.29) is 12.1 Å². The van der Waals surface area contributed by atoms with E-state index in [4.69, 9.17) is 9.15 Å². The van der Waals surface area contributed by atoms with E-state index in [2.05, 4.69) is 17.2 Å². The molecule has 1 atom stereocenters. The summed E-state index contributed by atoms with van der Waals surface area (Å²) in [5.41, 5.74) is 1.97. The van der Waals surface area contributed by atoms with Gasteiger partial charge in [-0.1, -0.05) is 19.1 Å². The highest BCUT2D eigenvalue weighted by Crippen LogP contribution is 2.23. The Hall–Kier alpha value is -2.34. The lowest BCUT2D eigenvalue weighted by Gasteiger charge is -2.17. The van der Waals surface area contributed by atoms with E-state index in [1.807, 2.05) is 31.2 Å². The first-order chi connectivity index (χ1) is 11.2. The third-order valence-electron chi connectivity index (χ3n) is 3.95. The molecule has 1 fully saturated rings.